The number of anilines is 1. The van der Waals surface area contributed by atoms with Gasteiger partial charge in [-0.2, -0.15) is 0 Å². The van der Waals surface area contributed by atoms with Crippen LogP contribution in [0.3, 0.4) is 0 Å². The van der Waals surface area contributed by atoms with Gasteiger partial charge in [-0.25, -0.2) is 0 Å². The molecule has 5 rings (SSSR count). The highest BCUT2D eigenvalue weighted by Gasteiger charge is 2.40. The second kappa shape index (κ2) is 11.7. The summed E-state index contributed by atoms with van der Waals surface area (Å²) < 4.78 is 20.2. The van der Waals surface area contributed by atoms with Crippen molar-refractivity contribution >= 4 is 19.8 Å². The number of imidazole rings is 1. The summed E-state index contributed by atoms with van der Waals surface area (Å²) >= 11 is 0. The number of hydrogen-bond donors (Lipinski definition) is 0. The van der Waals surface area contributed by atoms with Gasteiger partial charge in [0.1, 0.15) is 24.7 Å². The zero-order chi connectivity index (χ0) is 28.5. The fourth-order valence-corrected chi connectivity index (χ4v) is 7.14. The van der Waals surface area contributed by atoms with Crippen LogP contribution in [-0.2, 0) is 11.0 Å². The summed E-state index contributed by atoms with van der Waals surface area (Å²) in [7, 11) is -1.70. The standard InChI is InChI=1S/C29H45N5O5Si/c1-29(2,3)40(4,5)39-25-12-17-32(18-13-25)23-10-15-31(16-11-23)22-6-8-24(9-7-22)37-21-26-14-19-33-20-27(34(35)36)30-28(33)38-26/h6-9,20,23,25-26H,10-19,21H2,1-5H3/t26-/m1/s1. The van der Waals surface area contributed by atoms with Crippen LogP contribution in [0.4, 0.5) is 11.5 Å². The smallest absolute Gasteiger partial charge is 0.414 e. The lowest BCUT2D eigenvalue weighted by atomic mass is 9.98. The second-order valence-corrected chi connectivity index (χ2v) is 17.8. The van der Waals surface area contributed by atoms with E-state index in [2.05, 4.69) is 60.8 Å². The van der Waals surface area contributed by atoms with E-state index in [-0.39, 0.29) is 23.0 Å². The van der Waals surface area contributed by atoms with E-state index in [0.717, 1.165) is 51.2 Å². The number of aromatic nitrogens is 2. The Morgan fingerprint density at radius 2 is 1.70 bits per heavy atom. The van der Waals surface area contributed by atoms with Crippen LogP contribution in [0.15, 0.2) is 30.5 Å². The van der Waals surface area contributed by atoms with Gasteiger partial charge in [0.25, 0.3) is 0 Å². The molecule has 3 aliphatic heterocycles. The van der Waals surface area contributed by atoms with Crippen molar-refractivity contribution < 1.29 is 18.8 Å². The van der Waals surface area contributed by atoms with Crippen LogP contribution in [0.5, 0.6) is 11.8 Å². The molecule has 1 aromatic heterocycles. The Bertz CT molecular complexity index is 1150. The predicted molar refractivity (Wildman–Crippen MR) is 158 cm³/mol. The molecule has 11 heteroatoms. The van der Waals surface area contributed by atoms with E-state index in [0.29, 0.717) is 25.3 Å². The molecule has 0 bridgehead atoms. The summed E-state index contributed by atoms with van der Waals surface area (Å²) in [5.41, 5.74) is 1.23. The van der Waals surface area contributed by atoms with E-state index in [4.69, 9.17) is 13.9 Å². The third kappa shape index (κ3) is 6.63. The lowest BCUT2D eigenvalue weighted by Gasteiger charge is -2.45. The minimum Gasteiger partial charge on any atom is -0.490 e. The maximum absolute atomic E-state index is 11.0. The molecule has 2 aromatic rings. The highest BCUT2D eigenvalue weighted by molar-refractivity contribution is 6.74. The summed E-state index contributed by atoms with van der Waals surface area (Å²) in [5.74, 6) is 0.609. The van der Waals surface area contributed by atoms with Crippen LogP contribution in [0, 0.1) is 10.1 Å². The Morgan fingerprint density at radius 3 is 2.33 bits per heavy atom. The molecule has 0 N–H and O–H groups in total. The van der Waals surface area contributed by atoms with Crippen molar-refractivity contribution in [3.8, 4) is 11.8 Å². The van der Waals surface area contributed by atoms with Gasteiger partial charge in [-0.05, 0) is 73.0 Å². The minimum absolute atomic E-state index is 0.183. The van der Waals surface area contributed by atoms with Gasteiger partial charge < -0.3 is 33.8 Å². The van der Waals surface area contributed by atoms with Crippen molar-refractivity contribution in [2.24, 2.45) is 0 Å². The van der Waals surface area contributed by atoms with E-state index in [9.17, 15) is 10.1 Å². The molecule has 0 spiro atoms. The molecular weight excluding hydrogens is 526 g/mol. The fourth-order valence-electron chi connectivity index (χ4n) is 5.72. The molecule has 0 amide bonds. The molecule has 10 nitrogen and oxygen atoms in total. The van der Waals surface area contributed by atoms with Crippen LogP contribution in [-0.4, -0.2) is 78.7 Å². The first-order valence-electron chi connectivity index (χ1n) is 14.8. The average Bonchev–Trinajstić information content (AvgIpc) is 3.36. The van der Waals surface area contributed by atoms with Gasteiger partial charge in [-0.3, -0.25) is 4.57 Å². The Labute approximate surface area is 238 Å². The van der Waals surface area contributed by atoms with Crippen LogP contribution >= 0.6 is 0 Å². The highest BCUT2D eigenvalue weighted by atomic mass is 28.4. The minimum atomic E-state index is -1.70. The summed E-state index contributed by atoms with van der Waals surface area (Å²) in [6.45, 7) is 17.2. The lowest BCUT2D eigenvalue weighted by molar-refractivity contribution is -0.389. The maximum Gasteiger partial charge on any atom is 0.414 e. The van der Waals surface area contributed by atoms with Gasteiger partial charge in [0.2, 0.25) is 0 Å². The van der Waals surface area contributed by atoms with Crippen LogP contribution in [0.1, 0.15) is 52.9 Å². The molecule has 0 unspecified atom stereocenters. The number of nitro groups is 1. The number of hydrogen-bond acceptors (Lipinski definition) is 8. The van der Waals surface area contributed by atoms with Crippen molar-refractivity contribution in [2.45, 2.75) is 95.8 Å². The SMILES string of the molecule is CC(C)(C)[Si](C)(C)OC1CCN(C2CCN(c3ccc(OC[C@H]4CCn5cc([N+](=O)[O-])nc5O4)cc3)CC2)CC1. The largest absolute Gasteiger partial charge is 0.490 e. The van der Waals surface area contributed by atoms with Crippen molar-refractivity contribution in [2.75, 3.05) is 37.7 Å². The molecular formula is C29H45N5O5Si. The van der Waals surface area contributed by atoms with Crippen LogP contribution < -0.4 is 14.4 Å². The Hall–Kier alpha value is -2.63. The zero-order valence-corrected chi connectivity index (χ0v) is 25.7. The molecule has 220 valence electrons. The summed E-state index contributed by atoms with van der Waals surface area (Å²) in [6.07, 6.45) is 7.07. The molecule has 3 aliphatic rings. The van der Waals surface area contributed by atoms with Crippen LogP contribution in [0.25, 0.3) is 0 Å². The summed E-state index contributed by atoms with van der Waals surface area (Å²) in [4.78, 5) is 19.6. The normalized spacial score (nSPS) is 21.6. The molecule has 40 heavy (non-hydrogen) atoms. The van der Waals surface area contributed by atoms with Crippen molar-refractivity contribution in [1.29, 1.82) is 0 Å². The predicted octanol–water partition coefficient (Wildman–Crippen LogP) is 5.48. The van der Waals surface area contributed by atoms with E-state index >= 15 is 0 Å². The van der Waals surface area contributed by atoms with Gasteiger partial charge in [0, 0.05) is 62.0 Å². The topological polar surface area (TPSA) is 95.1 Å². The number of likely N-dealkylation sites (tertiary alicyclic amines) is 1. The number of aryl methyl sites for hydroxylation is 1. The van der Waals surface area contributed by atoms with Crippen molar-refractivity contribution in [1.82, 2.24) is 14.5 Å². The van der Waals surface area contributed by atoms with Gasteiger partial charge in [-0.15, -0.1) is 0 Å². The van der Waals surface area contributed by atoms with E-state index < -0.39 is 13.2 Å². The number of piperidine rings is 2. The van der Waals surface area contributed by atoms with Crippen molar-refractivity contribution in [3.05, 3.63) is 40.6 Å². The number of ether oxygens (including phenoxy) is 2. The highest BCUT2D eigenvalue weighted by Crippen LogP contribution is 2.38. The number of nitrogens with zero attached hydrogens (tertiary/aromatic N) is 5. The van der Waals surface area contributed by atoms with Gasteiger partial charge in [-0.1, -0.05) is 20.8 Å². The Morgan fingerprint density at radius 1 is 1.02 bits per heavy atom. The monoisotopic (exact) mass is 571 g/mol. The number of benzene rings is 1. The van der Waals surface area contributed by atoms with Gasteiger partial charge >= 0.3 is 11.8 Å². The summed E-state index contributed by atoms with van der Waals surface area (Å²) in [6, 6.07) is 9.26. The van der Waals surface area contributed by atoms with E-state index in [1.807, 2.05) is 12.1 Å². The second-order valence-electron chi connectivity index (χ2n) is 13.0. The maximum atomic E-state index is 11.0. The summed E-state index contributed by atoms with van der Waals surface area (Å²) in [5, 5.41) is 11.2. The third-order valence-corrected chi connectivity index (χ3v) is 13.8. The van der Waals surface area contributed by atoms with Crippen LogP contribution in [0.2, 0.25) is 18.1 Å². The first-order valence-corrected chi connectivity index (χ1v) is 17.7. The average molecular weight is 572 g/mol. The first kappa shape index (κ1) is 28.9. The molecule has 2 fully saturated rings. The molecule has 0 radical (unpaired) electrons. The van der Waals surface area contributed by atoms with Gasteiger partial charge in [0.15, 0.2) is 8.32 Å². The Kier molecular flexibility index (Phi) is 8.44. The molecule has 1 aromatic carbocycles. The quantitative estimate of drug-likeness (QED) is 0.234. The molecule has 0 saturated carbocycles. The van der Waals surface area contributed by atoms with Crippen molar-refractivity contribution in [3.63, 3.8) is 0 Å². The third-order valence-electron chi connectivity index (χ3n) is 9.24. The molecule has 1 atom stereocenters. The number of fused-ring (bicyclic) bond motifs is 1. The van der Waals surface area contributed by atoms with E-state index in [1.54, 1.807) is 4.57 Å². The van der Waals surface area contributed by atoms with Gasteiger partial charge in [0.05, 0.1) is 0 Å². The fraction of sp³-hybridized carbons (Fsp3) is 0.690. The number of rotatable bonds is 8. The lowest BCUT2D eigenvalue weighted by Crippen LogP contribution is -2.51. The molecule has 4 heterocycles. The molecule has 0 aliphatic carbocycles. The zero-order valence-electron chi connectivity index (χ0n) is 24.7. The van der Waals surface area contributed by atoms with E-state index in [1.165, 1.54) is 24.7 Å². The first-order chi connectivity index (χ1) is 19.0. The molecule has 2 saturated heterocycles. The Balaban J connectivity index is 1.04.